The van der Waals surface area contributed by atoms with Crippen molar-refractivity contribution >= 4 is 16.8 Å². The summed E-state index contributed by atoms with van der Waals surface area (Å²) in [7, 11) is 1.62. The number of carbonyl (C=O) groups excluding carboxylic acids is 1. The van der Waals surface area contributed by atoms with Gasteiger partial charge in [0.05, 0.1) is 5.52 Å². The molecule has 2 aromatic heterocycles. The fourth-order valence-corrected chi connectivity index (χ4v) is 5.87. The minimum absolute atomic E-state index is 0.00790. The average molecular weight is 563 g/mol. The minimum atomic E-state index is -0.452. The van der Waals surface area contributed by atoms with Crippen molar-refractivity contribution in [2.75, 3.05) is 26.8 Å². The zero-order valence-corrected chi connectivity index (χ0v) is 23.2. The van der Waals surface area contributed by atoms with Crippen molar-refractivity contribution in [3.05, 3.63) is 94.0 Å². The van der Waals surface area contributed by atoms with Crippen LogP contribution in [0.15, 0.2) is 65.6 Å². The van der Waals surface area contributed by atoms with Crippen LogP contribution in [0.25, 0.3) is 22.0 Å². The molecule has 7 nitrogen and oxygen atoms in total. The van der Waals surface area contributed by atoms with Gasteiger partial charge in [-0.25, -0.2) is 8.78 Å². The highest BCUT2D eigenvalue weighted by molar-refractivity contribution is 5.83. The van der Waals surface area contributed by atoms with Crippen molar-refractivity contribution < 1.29 is 18.3 Å². The summed E-state index contributed by atoms with van der Waals surface area (Å²) >= 11 is 0. The smallest absolute Gasteiger partial charge is 0.247 e. The van der Waals surface area contributed by atoms with Gasteiger partial charge in [0.15, 0.2) is 0 Å². The maximum absolute atomic E-state index is 14.9. The summed E-state index contributed by atoms with van der Waals surface area (Å²) in [6.45, 7) is 2.15. The van der Waals surface area contributed by atoms with E-state index in [1.807, 2.05) is 33.7 Å². The van der Waals surface area contributed by atoms with Crippen molar-refractivity contribution in [3.8, 4) is 11.1 Å². The van der Waals surface area contributed by atoms with Gasteiger partial charge in [-0.05, 0) is 66.6 Å². The Morgan fingerprint density at radius 2 is 1.85 bits per heavy atom. The number of benzene rings is 2. The zero-order chi connectivity index (χ0) is 28.9. The van der Waals surface area contributed by atoms with Crippen LogP contribution >= 0.6 is 0 Å². The molecule has 1 saturated heterocycles. The number of pyridine rings is 1. The quantitative estimate of drug-likeness (QED) is 0.267. The molecule has 1 aliphatic rings. The average Bonchev–Trinajstić information content (AvgIpc) is 3.37. The number of rotatable bonds is 10. The Kier molecular flexibility index (Phi) is 8.95. The van der Waals surface area contributed by atoms with Gasteiger partial charge in [-0.2, -0.15) is 0 Å². The summed E-state index contributed by atoms with van der Waals surface area (Å²) in [5.74, 6) is -0.939. The molecule has 4 aromatic rings. The third-order valence-electron chi connectivity index (χ3n) is 7.92. The Morgan fingerprint density at radius 3 is 2.59 bits per heavy atom. The number of aromatic nitrogens is 2. The lowest BCUT2D eigenvalue weighted by Crippen LogP contribution is -2.42. The van der Waals surface area contributed by atoms with Crippen molar-refractivity contribution in [3.63, 3.8) is 0 Å². The molecule has 0 spiro atoms. The van der Waals surface area contributed by atoms with E-state index >= 15 is 0 Å². The molecule has 3 N–H and O–H groups in total. The van der Waals surface area contributed by atoms with E-state index in [4.69, 9.17) is 10.5 Å². The van der Waals surface area contributed by atoms with Crippen molar-refractivity contribution in [2.45, 2.75) is 50.6 Å². The molecule has 2 aromatic carbocycles. The number of hydrogen-bond acceptors (Lipinski definition) is 4. The highest BCUT2D eigenvalue weighted by atomic mass is 19.1. The number of likely N-dealkylation sites (tertiary alicyclic amines) is 1. The summed E-state index contributed by atoms with van der Waals surface area (Å²) in [6.07, 6.45) is 4.76. The number of carbonyl (C=O) groups is 1. The van der Waals surface area contributed by atoms with Gasteiger partial charge in [-0.1, -0.05) is 24.3 Å². The number of methoxy groups -OCH3 is 1. The molecule has 5 rings (SSSR count). The second-order valence-corrected chi connectivity index (χ2v) is 10.8. The van der Waals surface area contributed by atoms with Crippen molar-refractivity contribution in [2.24, 2.45) is 5.73 Å². The number of H-pyrrole nitrogens is 1. The van der Waals surface area contributed by atoms with Gasteiger partial charge in [0.1, 0.15) is 11.6 Å². The molecule has 0 saturated carbocycles. The predicted molar refractivity (Wildman–Crippen MR) is 156 cm³/mol. The van der Waals surface area contributed by atoms with Crippen LogP contribution in [0, 0.1) is 11.6 Å². The van der Waals surface area contributed by atoms with E-state index in [0.29, 0.717) is 39.1 Å². The normalized spacial score (nSPS) is 16.3. The van der Waals surface area contributed by atoms with Gasteiger partial charge in [-0.15, -0.1) is 0 Å². The Hall–Kier alpha value is -3.82. The molecular weight excluding hydrogens is 526 g/mol. The number of aryl methyl sites for hydroxylation is 1. The van der Waals surface area contributed by atoms with Crippen molar-refractivity contribution in [1.29, 1.82) is 0 Å². The maximum atomic E-state index is 14.9. The van der Waals surface area contributed by atoms with Gasteiger partial charge in [-0.3, -0.25) is 9.59 Å². The fourth-order valence-electron chi connectivity index (χ4n) is 5.87. The molecule has 0 aliphatic carbocycles. The Labute approximate surface area is 237 Å². The SMILES string of the molecule is COCCCn1c([C@H]2CCCN(C(=O)C[C@H](N)Cc3ccc(-c4ccc(=O)[nH]c4)cc3)C2)cc2c(F)ccc(F)c21. The lowest BCUT2D eigenvalue weighted by atomic mass is 9.93. The zero-order valence-electron chi connectivity index (χ0n) is 23.2. The van der Waals surface area contributed by atoms with Gasteiger partial charge in [0.2, 0.25) is 11.5 Å². The molecule has 1 amide bonds. The Balaban J connectivity index is 1.25. The number of aromatic amines is 1. The summed E-state index contributed by atoms with van der Waals surface area (Å²) in [5.41, 5.74) is 10.3. The first-order valence-electron chi connectivity index (χ1n) is 14.1. The number of nitrogens with two attached hydrogens (primary N) is 1. The number of ether oxygens (including phenoxy) is 1. The number of fused-ring (bicyclic) bond motifs is 1. The van der Waals surface area contributed by atoms with E-state index in [9.17, 15) is 18.4 Å². The van der Waals surface area contributed by atoms with Crippen LogP contribution in [-0.4, -0.2) is 53.2 Å². The molecule has 41 heavy (non-hydrogen) atoms. The van der Waals surface area contributed by atoms with E-state index in [1.54, 1.807) is 25.4 Å². The van der Waals surface area contributed by atoms with E-state index in [2.05, 4.69) is 4.98 Å². The van der Waals surface area contributed by atoms with Crippen LogP contribution in [-0.2, 0) is 22.5 Å². The van der Waals surface area contributed by atoms with Crippen LogP contribution in [0.5, 0.6) is 0 Å². The molecule has 0 bridgehead atoms. The van der Waals surface area contributed by atoms with Crippen LogP contribution in [0.4, 0.5) is 8.78 Å². The van der Waals surface area contributed by atoms with Gasteiger partial charge >= 0.3 is 0 Å². The van der Waals surface area contributed by atoms with E-state index in [1.165, 1.54) is 12.1 Å². The molecule has 1 fully saturated rings. The van der Waals surface area contributed by atoms with Gasteiger partial charge in [0, 0.05) is 75.1 Å². The minimum Gasteiger partial charge on any atom is -0.385 e. The number of amides is 1. The fraction of sp³-hybridized carbons (Fsp3) is 0.375. The Bertz CT molecular complexity index is 1540. The van der Waals surface area contributed by atoms with Crippen molar-refractivity contribution in [1.82, 2.24) is 14.5 Å². The molecular formula is C32H36F2N4O3. The Morgan fingerprint density at radius 1 is 1.10 bits per heavy atom. The van der Waals surface area contributed by atoms with Gasteiger partial charge in [0.25, 0.3) is 0 Å². The number of hydrogen-bond donors (Lipinski definition) is 2. The predicted octanol–water partition coefficient (Wildman–Crippen LogP) is 4.98. The number of piperidine rings is 1. The van der Waals surface area contributed by atoms with E-state index in [-0.39, 0.29) is 40.7 Å². The van der Waals surface area contributed by atoms with E-state index < -0.39 is 11.6 Å². The second kappa shape index (κ2) is 12.8. The van der Waals surface area contributed by atoms with Crippen LogP contribution < -0.4 is 11.3 Å². The van der Waals surface area contributed by atoms with E-state index in [0.717, 1.165) is 41.3 Å². The molecule has 9 heteroatoms. The summed E-state index contributed by atoms with van der Waals surface area (Å²) in [5, 5.41) is 0.273. The third kappa shape index (κ3) is 6.57. The first kappa shape index (κ1) is 28.7. The van der Waals surface area contributed by atoms with Crippen LogP contribution in [0.3, 0.4) is 0 Å². The third-order valence-corrected chi connectivity index (χ3v) is 7.92. The number of nitrogens with zero attached hydrogens (tertiary/aromatic N) is 2. The van der Waals surface area contributed by atoms with Crippen LogP contribution in [0.1, 0.15) is 42.9 Å². The lowest BCUT2D eigenvalue weighted by Gasteiger charge is -2.34. The maximum Gasteiger partial charge on any atom is 0.247 e. The lowest BCUT2D eigenvalue weighted by molar-refractivity contribution is -0.132. The molecule has 0 unspecified atom stereocenters. The first-order chi connectivity index (χ1) is 19.8. The highest BCUT2D eigenvalue weighted by Crippen LogP contribution is 2.34. The largest absolute Gasteiger partial charge is 0.385 e. The standard InChI is InChI=1S/C32H36F2N4O3/c1-41-15-3-14-38-29(18-26-27(33)10-11-28(34)32(26)38)24-4-2-13-37(20-24)31(40)17-25(35)16-21-5-7-22(8-6-21)23-9-12-30(39)36-19-23/h5-12,18-19,24-25H,2-4,13-17,20,35H2,1H3,(H,36,39)/t24-,25+/m0/s1. The monoisotopic (exact) mass is 562 g/mol. The van der Waals surface area contributed by atoms with Crippen LogP contribution in [0.2, 0.25) is 0 Å². The number of nitrogens with one attached hydrogen (secondary N) is 1. The topological polar surface area (TPSA) is 93.3 Å². The summed E-state index contributed by atoms with van der Waals surface area (Å²) < 4.78 is 36.6. The molecule has 2 atom stereocenters. The molecule has 3 heterocycles. The number of halogens is 2. The first-order valence-corrected chi connectivity index (χ1v) is 14.1. The summed E-state index contributed by atoms with van der Waals surface area (Å²) in [6, 6.07) is 14.9. The molecule has 1 aliphatic heterocycles. The molecule has 0 radical (unpaired) electrons. The summed E-state index contributed by atoms with van der Waals surface area (Å²) in [4.78, 5) is 29.1. The molecule has 216 valence electrons. The van der Waals surface area contributed by atoms with Gasteiger partial charge < -0.3 is 24.9 Å². The second-order valence-electron chi connectivity index (χ2n) is 10.8. The highest BCUT2D eigenvalue weighted by Gasteiger charge is 2.29.